The van der Waals surface area contributed by atoms with Crippen LogP contribution in [0.2, 0.25) is 0 Å². The fourth-order valence-corrected chi connectivity index (χ4v) is 5.28. The highest BCUT2D eigenvalue weighted by Gasteiger charge is 2.29. The highest BCUT2D eigenvalue weighted by molar-refractivity contribution is 7.89. The van der Waals surface area contributed by atoms with Crippen LogP contribution in [-0.4, -0.2) is 86.2 Å². The Morgan fingerprint density at radius 2 is 1.51 bits per heavy atom. The lowest BCUT2D eigenvalue weighted by atomic mass is 10.0. The monoisotopic (exact) mass is 563 g/mol. The van der Waals surface area contributed by atoms with E-state index in [1.165, 1.54) is 12.1 Å². The number of sulfonamides is 1. The van der Waals surface area contributed by atoms with E-state index >= 15 is 0 Å². The summed E-state index contributed by atoms with van der Waals surface area (Å²) in [6.07, 6.45) is -0.387. The van der Waals surface area contributed by atoms with Gasteiger partial charge in [0.15, 0.2) is 0 Å². The standard InChI is InChI=1S/C13H16N4O4S.C12H21N3O2/c1-10(7-16-8-11(6-14)9-16)15-22(20,21)13-4-2-12(3-5-13)17(18)19;1-9(6-15-7-10(5-13)8-15)14-11(16)17-12(2,3)4/h2-5,10-11,15H,7-9H2,1H3;9-10H,6-8H2,1-4H3,(H,14,16)/t10-;9-/m11/s1. The van der Waals surface area contributed by atoms with Crippen LogP contribution in [0.4, 0.5) is 10.5 Å². The van der Waals surface area contributed by atoms with E-state index in [4.69, 9.17) is 15.3 Å². The largest absolute Gasteiger partial charge is 0.444 e. The summed E-state index contributed by atoms with van der Waals surface area (Å²) in [6.45, 7) is 13.4. The van der Waals surface area contributed by atoms with Crippen LogP contribution < -0.4 is 10.0 Å². The van der Waals surface area contributed by atoms with Gasteiger partial charge in [-0.3, -0.25) is 19.9 Å². The fraction of sp³-hybridized carbons (Fsp3) is 0.640. The molecule has 3 rings (SSSR count). The SMILES string of the molecule is C[C@H](CN1CC(C#N)C1)NC(=O)OC(C)(C)C.C[C@H](CN1CC(C#N)C1)NS(=O)(=O)c1ccc([N+](=O)[O-])cc1. The molecule has 0 radical (unpaired) electrons. The molecule has 2 heterocycles. The number of rotatable bonds is 9. The topological polar surface area (TPSA) is 182 Å². The Morgan fingerprint density at radius 1 is 1.05 bits per heavy atom. The average Bonchev–Trinajstić information content (AvgIpc) is 2.76. The minimum atomic E-state index is -3.72. The second kappa shape index (κ2) is 13.7. The maximum absolute atomic E-state index is 12.2. The summed E-state index contributed by atoms with van der Waals surface area (Å²) in [5.41, 5.74) is -0.623. The maximum Gasteiger partial charge on any atom is 0.407 e. The second-order valence-corrected chi connectivity index (χ2v) is 12.6. The second-order valence-electron chi connectivity index (χ2n) is 10.9. The predicted octanol–water partition coefficient (Wildman–Crippen LogP) is 2.07. The number of carbonyl (C=O) groups is 1. The van der Waals surface area contributed by atoms with E-state index in [1.54, 1.807) is 6.92 Å². The van der Waals surface area contributed by atoms with Crippen molar-refractivity contribution in [3.63, 3.8) is 0 Å². The van der Waals surface area contributed by atoms with Crippen molar-refractivity contribution >= 4 is 21.8 Å². The van der Waals surface area contributed by atoms with Crippen molar-refractivity contribution in [3.8, 4) is 12.1 Å². The number of nitriles is 2. The summed E-state index contributed by atoms with van der Waals surface area (Å²) >= 11 is 0. The molecule has 14 heteroatoms. The number of nitrogens with zero attached hydrogens (tertiary/aromatic N) is 5. The number of hydrogen-bond donors (Lipinski definition) is 2. The minimum absolute atomic E-state index is 0.0107. The highest BCUT2D eigenvalue weighted by Crippen LogP contribution is 2.18. The first-order valence-corrected chi connectivity index (χ1v) is 14.1. The van der Waals surface area contributed by atoms with Gasteiger partial charge < -0.3 is 10.1 Å². The molecule has 2 saturated heterocycles. The zero-order chi connectivity index (χ0) is 29.4. The Balaban J connectivity index is 0.000000283. The van der Waals surface area contributed by atoms with Gasteiger partial charge in [0.2, 0.25) is 10.0 Å². The molecule has 1 amide bonds. The zero-order valence-electron chi connectivity index (χ0n) is 23.0. The van der Waals surface area contributed by atoms with Crippen molar-refractivity contribution in [3.05, 3.63) is 34.4 Å². The third-order valence-corrected chi connectivity index (χ3v) is 7.43. The molecule has 2 aliphatic heterocycles. The van der Waals surface area contributed by atoms with Crippen LogP contribution in [-0.2, 0) is 14.8 Å². The molecule has 1 aromatic carbocycles. The van der Waals surface area contributed by atoms with E-state index in [1.807, 2.05) is 32.6 Å². The van der Waals surface area contributed by atoms with E-state index in [9.17, 15) is 23.3 Å². The highest BCUT2D eigenvalue weighted by atomic mass is 32.2. The molecular formula is C25H37N7O6S. The molecule has 0 aliphatic carbocycles. The molecule has 2 aliphatic rings. The van der Waals surface area contributed by atoms with Crippen LogP contribution in [0.15, 0.2) is 29.2 Å². The number of alkyl carbamates (subject to hydrolysis) is 1. The van der Waals surface area contributed by atoms with Gasteiger partial charge in [-0.25, -0.2) is 17.9 Å². The molecular weight excluding hydrogens is 526 g/mol. The van der Waals surface area contributed by atoms with Crippen LogP contribution in [0.3, 0.4) is 0 Å². The molecule has 0 aromatic heterocycles. The summed E-state index contributed by atoms with van der Waals surface area (Å²) in [4.78, 5) is 25.6. The number of nitrogens with one attached hydrogen (secondary N) is 2. The van der Waals surface area contributed by atoms with Gasteiger partial charge in [-0.15, -0.1) is 0 Å². The van der Waals surface area contributed by atoms with Gasteiger partial charge in [-0.1, -0.05) is 0 Å². The number of likely N-dealkylation sites (tertiary alicyclic amines) is 2. The van der Waals surface area contributed by atoms with E-state index in [2.05, 4.69) is 27.1 Å². The first-order valence-electron chi connectivity index (χ1n) is 12.6. The number of benzene rings is 1. The first-order chi connectivity index (χ1) is 18.1. The Hall–Kier alpha value is -3.30. The smallest absolute Gasteiger partial charge is 0.407 e. The lowest BCUT2D eigenvalue weighted by molar-refractivity contribution is -0.384. The van der Waals surface area contributed by atoms with E-state index in [0.717, 1.165) is 31.8 Å². The number of non-ortho nitro benzene ring substituents is 1. The zero-order valence-corrected chi connectivity index (χ0v) is 23.8. The van der Waals surface area contributed by atoms with Crippen LogP contribution in [0.25, 0.3) is 0 Å². The van der Waals surface area contributed by atoms with Crippen molar-refractivity contribution in [1.82, 2.24) is 19.8 Å². The quantitative estimate of drug-likeness (QED) is 0.333. The van der Waals surface area contributed by atoms with E-state index in [-0.39, 0.29) is 40.6 Å². The molecule has 2 N–H and O–H groups in total. The number of nitro groups is 1. The van der Waals surface area contributed by atoms with Gasteiger partial charge in [0.05, 0.1) is 33.8 Å². The van der Waals surface area contributed by atoms with Crippen molar-refractivity contribution in [2.45, 2.75) is 57.2 Å². The normalized spacial score (nSPS) is 18.1. The van der Waals surface area contributed by atoms with E-state index < -0.39 is 20.5 Å². The summed E-state index contributed by atoms with van der Waals surface area (Å²) in [5, 5.41) is 30.7. The third-order valence-electron chi connectivity index (χ3n) is 5.82. The van der Waals surface area contributed by atoms with Crippen LogP contribution >= 0.6 is 0 Å². The van der Waals surface area contributed by atoms with Crippen LogP contribution in [0, 0.1) is 44.6 Å². The number of nitro benzene ring substituents is 1. The molecule has 2 atom stereocenters. The number of amides is 1. The van der Waals surface area contributed by atoms with Crippen LogP contribution in [0.5, 0.6) is 0 Å². The van der Waals surface area contributed by atoms with Gasteiger partial charge in [-0.2, -0.15) is 10.5 Å². The molecule has 0 spiro atoms. The van der Waals surface area contributed by atoms with Gasteiger partial charge in [-0.05, 0) is 46.8 Å². The van der Waals surface area contributed by atoms with Gasteiger partial charge in [0, 0.05) is 63.5 Å². The van der Waals surface area contributed by atoms with E-state index in [0.29, 0.717) is 19.6 Å². The van der Waals surface area contributed by atoms with Crippen LogP contribution in [0.1, 0.15) is 34.6 Å². The number of ether oxygens (including phenoxy) is 1. The molecule has 0 saturated carbocycles. The summed E-state index contributed by atoms with van der Waals surface area (Å²) < 4.78 is 32.1. The van der Waals surface area contributed by atoms with Gasteiger partial charge in [0.1, 0.15) is 5.60 Å². The Bertz CT molecular complexity index is 1180. The predicted molar refractivity (Wildman–Crippen MR) is 143 cm³/mol. The molecule has 39 heavy (non-hydrogen) atoms. The summed E-state index contributed by atoms with van der Waals surface area (Å²) in [5.74, 6) is 0.183. The fourth-order valence-electron chi connectivity index (χ4n) is 4.05. The van der Waals surface area contributed by atoms with Gasteiger partial charge >= 0.3 is 6.09 Å². The molecule has 0 bridgehead atoms. The molecule has 2 fully saturated rings. The molecule has 214 valence electrons. The van der Waals surface area contributed by atoms with Crippen molar-refractivity contribution in [2.24, 2.45) is 11.8 Å². The number of hydrogen-bond acceptors (Lipinski definition) is 10. The summed E-state index contributed by atoms with van der Waals surface area (Å²) in [6, 6.07) is 8.83. The first kappa shape index (κ1) is 31.9. The Morgan fingerprint density at radius 3 is 1.92 bits per heavy atom. The summed E-state index contributed by atoms with van der Waals surface area (Å²) in [7, 11) is -3.72. The lowest BCUT2D eigenvalue weighted by Crippen LogP contribution is -2.52. The average molecular weight is 564 g/mol. The van der Waals surface area contributed by atoms with Crippen molar-refractivity contribution < 1.29 is 22.9 Å². The Labute approximate surface area is 229 Å². The van der Waals surface area contributed by atoms with Crippen molar-refractivity contribution in [2.75, 3.05) is 39.3 Å². The molecule has 13 nitrogen and oxygen atoms in total. The third kappa shape index (κ3) is 10.8. The minimum Gasteiger partial charge on any atom is -0.444 e. The van der Waals surface area contributed by atoms with Crippen molar-refractivity contribution in [1.29, 1.82) is 10.5 Å². The lowest BCUT2D eigenvalue weighted by Gasteiger charge is -2.37. The molecule has 0 unspecified atom stereocenters. The van der Waals surface area contributed by atoms with Gasteiger partial charge in [0.25, 0.3) is 5.69 Å². The molecule has 1 aromatic rings. The number of carbonyl (C=O) groups excluding carboxylic acids is 1. The maximum atomic E-state index is 12.2. The Kier molecular flexibility index (Phi) is 11.2.